The Labute approximate surface area is 98.2 Å². The van der Waals surface area contributed by atoms with E-state index in [2.05, 4.69) is 31.2 Å². The lowest BCUT2D eigenvalue weighted by atomic mass is 9.92. The molecule has 1 unspecified atom stereocenters. The predicted molar refractivity (Wildman–Crippen MR) is 66.6 cm³/mol. The highest BCUT2D eigenvalue weighted by atomic mass is 15.3. The van der Waals surface area contributed by atoms with Gasteiger partial charge in [0.2, 0.25) is 0 Å². The summed E-state index contributed by atoms with van der Waals surface area (Å²) in [6.45, 7) is 6.55. The van der Waals surface area contributed by atoms with Crippen molar-refractivity contribution in [1.82, 2.24) is 15.1 Å². The summed E-state index contributed by atoms with van der Waals surface area (Å²) in [6.07, 6.45) is 5.21. The Morgan fingerprint density at radius 1 is 1.44 bits per heavy atom. The molecule has 1 aromatic heterocycles. The van der Waals surface area contributed by atoms with Crippen LogP contribution in [0, 0.1) is 13.8 Å². The molecule has 1 saturated carbocycles. The molecule has 1 N–H and O–H groups in total. The first-order valence-corrected chi connectivity index (χ1v) is 6.33. The van der Waals surface area contributed by atoms with E-state index in [1.807, 2.05) is 11.7 Å². The van der Waals surface area contributed by atoms with Crippen molar-refractivity contribution in [2.75, 3.05) is 0 Å². The summed E-state index contributed by atoms with van der Waals surface area (Å²) in [6, 6.07) is 1.33. The molecule has 90 valence electrons. The van der Waals surface area contributed by atoms with Gasteiger partial charge in [-0.05, 0) is 45.6 Å². The molecule has 2 rings (SSSR count). The summed E-state index contributed by atoms with van der Waals surface area (Å²) < 4.78 is 1.99. The maximum atomic E-state index is 4.47. The maximum absolute atomic E-state index is 4.47. The minimum absolute atomic E-state index is 0.562. The van der Waals surface area contributed by atoms with Gasteiger partial charge in [0, 0.05) is 24.8 Å². The number of aromatic nitrogens is 2. The molecule has 0 aromatic carbocycles. The molecule has 1 aliphatic carbocycles. The van der Waals surface area contributed by atoms with E-state index in [1.165, 1.54) is 36.2 Å². The summed E-state index contributed by atoms with van der Waals surface area (Å²) in [5, 5.41) is 8.16. The van der Waals surface area contributed by atoms with Crippen molar-refractivity contribution in [3.63, 3.8) is 0 Å². The highest BCUT2D eigenvalue weighted by Crippen LogP contribution is 2.20. The van der Waals surface area contributed by atoms with Crippen LogP contribution in [0.3, 0.4) is 0 Å². The highest BCUT2D eigenvalue weighted by molar-refractivity contribution is 5.25. The van der Waals surface area contributed by atoms with Crippen LogP contribution < -0.4 is 5.32 Å². The summed E-state index contributed by atoms with van der Waals surface area (Å²) in [5.41, 5.74) is 3.91. The van der Waals surface area contributed by atoms with Crippen molar-refractivity contribution in [3.05, 3.63) is 17.0 Å². The Hall–Kier alpha value is -0.830. The lowest BCUT2D eigenvalue weighted by Gasteiger charge is -2.30. The maximum Gasteiger partial charge on any atom is 0.0628 e. The van der Waals surface area contributed by atoms with Gasteiger partial charge in [-0.2, -0.15) is 5.10 Å². The standard InChI is InChI=1S/C13H23N3/c1-9(14-12-6-5-7-12)8-13-10(2)15-16(4)11(13)3/h9,12,14H,5-8H2,1-4H3. The molecule has 0 amide bonds. The van der Waals surface area contributed by atoms with Crippen LogP contribution in [-0.4, -0.2) is 21.9 Å². The van der Waals surface area contributed by atoms with E-state index >= 15 is 0 Å². The Kier molecular flexibility index (Phi) is 3.33. The van der Waals surface area contributed by atoms with Gasteiger partial charge in [0.05, 0.1) is 5.69 Å². The van der Waals surface area contributed by atoms with Crippen molar-refractivity contribution in [1.29, 1.82) is 0 Å². The van der Waals surface area contributed by atoms with E-state index in [1.54, 1.807) is 0 Å². The van der Waals surface area contributed by atoms with Crippen LogP contribution in [0.15, 0.2) is 0 Å². The fraction of sp³-hybridized carbons (Fsp3) is 0.769. The van der Waals surface area contributed by atoms with Gasteiger partial charge >= 0.3 is 0 Å². The van der Waals surface area contributed by atoms with Crippen LogP contribution in [-0.2, 0) is 13.5 Å². The molecule has 1 aliphatic rings. The van der Waals surface area contributed by atoms with Crippen LogP contribution in [0.25, 0.3) is 0 Å². The van der Waals surface area contributed by atoms with Crippen LogP contribution in [0.1, 0.15) is 43.1 Å². The zero-order valence-corrected chi connectivity index (χ0v) is 10.9. The van der Waals surface area contributed by atoms with Crippen molar-refractivity contribution >= 4 is 0 Å². The van der Waals surface area contributed by atoms with Crippen LogP contribution in [0.5, 0.6) is 0 Å². The third-order valence-corrected chi connectivity index (χ3v) is 3.79. The van der Waals surface area contributed by atoms with Crippen LogP contribution in [0.4, 0.5) is 0 Å². The average Bonchev–Trinajstić information content (AvgIpc) is 2.39. The Balaban J connectivity index is 1.96. The molecule has 0 radical (unpaired) electrons. The van der Waals surface area contributed by atoms with E-state index in [-0.39, 0.29) is 0 Å². The molecule has 3 nitrogen and oxygen atoms in total. The second-order valence-electron chi connectivity index (χ2n) is 5.17. The normalized spacial score (nSPS) is 18.5. The topological polar surface area (TPSA) is 29.9 Å². The molecule has 3 heteroatoms. The molecule has 0 bridgehead atoms. The number of aryl methyl sites for hydroxylation is 2. The SMILES string of the molecule is Cc1nn(C)c(C)c1CC(C)NC1CCC1. The van der Waals surface area contributed by atoms with Gasteiger partial charge < -0.3 is 5.32 Å². The van der Waals surface area contributed by atoms with E-state index < -0.39 is 0 Å². The fourth-order valence-electron chi connectivity index (χ4n) is 2.46. The van der Waals surface area contributed by atoms with Gasteiger partial charge in [-0.25, -0.2) is 0 Å². The predicted octanol–water partition coefficient (Wildman–Crippen LogP) is 2.11. The summed E-state index contributed by atoms with van der Waals surface area (Å²) in [4.78, 5) is 0. The van der Waals surface area contributed by atoms with Crippen molar-refractivity contribution < 1.29 is 0 Å². The van der Waals surface area contributed by atoms with Crippen molar-refractivity contribution in [2.24, 2.45) is 7.05 Å². The minimum atomic E-state index is 0.562. The van der Waals surface area contributed by atoms with E-state index in [0.29, 0.717) is 6.04 Å². The molecule has 16 heavy (non-hydrogen) atoms. The van der Waals surface area contributed by atoms with Gasteiger partial charge in [-0.3, -0.25) is 4.68 Å². The third-order valence-electron chi connectivity index (χ3n) is 3.79. The Morgan fingerprint density at radius 2 is 2.12 bits per heavy atom. The van der Waals surface area contributed by atoms with Crippen LogP contribution >= 0.6 is 0 Å². The van der Waals surface area contributed by atoms with Crippen LogP contribution in [0.2, 0.25) is 0 Å². The van der Waals surface area contributed by atoms with Gasteiger partial charge in [-0.15, -0.1) is 0 Å². The number of nitrogens with one attached hydrogen (secondary N) is 1. The first kappa shape index (κ1) is 11.6. The molecule has 1 heterocycles. The molecular weight excluding hydrogens is 198 g/mol. The molecule has 0 aliphatic heterocycles. The van der Waals surface area contributed by atoms with Gasteiger partial charge in [0.15, 0.2) is 0 Å². The highest BCUT2D eigenvalue weighted by Gasteiger charge is 2.20. The minimum Gasteiger partial charge on any atom is -0.311 e. The smallest absolute Gasteiger partial charge is 0.0628 e. The summed E-state index contributed by atoms with van der Waals surface area (Å²) in [5.74, 6) is 0. The second-order valence-corrected chi connectivity index (χ2v) is 5.17. The van der Waals surface area contributed by atoms with Crippen molar-refractivity contribution in [2.45, 2.75) is 58.5 Å². The third kappa shape index (κ3) is 2.29. The lowest BCUT2D eigenvalue weighted by Crippen LogP contribution is -2.41. The zero-order chi connectivity index (χ0) is 11.7. The lowest BCUT2D eigenvalue weighted by molar-refractivity contribution is 0.310. The molecule has 1 atom stereocenters. The molecule has 0 spiro atoms. The molecular formula is C13H23N3. The molecule has 1 fully saturated rings. The molecule has 0 saturated heterocycles. The first-order chi connectivity index (χ1) is 7.58. The number of hydrogen-bond donors (Lipinski definition) is 1. The Bertz CT molecular complexity index is 363. The largest absolute Gasteiger partial charge is 0.311 e. The fourth-order valence-corrected chi connectivity index (χ4v) is 2.46. The molecule has 1 aromatic rings. The summed E-state index contributed by atoms with van der Waals surface area (Å²) in [7, 11) is 2.02. The Morgan fingerprint density at radius 3 is 2.56 bits per heavy atom. The van der Waals surface area contributed by atoms with E-state index in [0.717, 1.165) is 12.5 Å². The van der Waals surface area contributed by atoms with E-state index in [4.69, 9.17) is 0 Å². The van der Waals surface area contributed by atoms with Gasteiger partial charge in [0.25, 0.3) is 0 Å². The van der Waals surface area contributed by atoms with E-state index in [9.17, 15) is 0 Å². The average molecular weight is 221 g/mol. The number of rotatable bonds is 4. The quantitative estimate of drug-likeness (QED) is 0.844. The van der Waals surface area contributed by atoms with Gasteiger partial charge in [-0.1, -0.05) is 6.42 Å². The number of hydrogen-bond acceptors (Lipinski definition) is 2. The van der Waals surface area contributed by atoms with Crippen molar-refractivity contribution in [3.8, 4) is 0 Å². The first-order valence-electron chi connectivity index (χ1n) is 6.33. The monoisotopic (exact) mass is 221 g/mol. The zero-order valence-electron chi connectivity index (χ0n) is 10.9. The number of nitrogens with zero attached hydrogens (tertiary/aromatic N) is 2. The second kappa shape index (κ2) is 4.58. The summed E-state index contributed by atoms with van der Waals surface area (Å²) >= 11 is 0. The van der Waals surface area contributed by atoms with Gasteiger partial charge in [0.1, 0.15) is 0 Å².